The van der Waals surface area contributed by atoms with Crippen LogP contribution in [0.5, 0.6) is 0 Å². The summed E-state index contributed by atoms with van der Waals surface area (Å²) in [6, 6.07) is 17.4. The fraction of sp³-hybridized carbons (Fsp3) is 0.348. The Morgan fingerprint density at radius 1 is 1.00 bits per heavy atom. The molecule has 0 fully saturated rings. The van der Waals surface area contributed by atoms with Crippen LogP contribution in [0.3, 0.4) is 0 Å². The summed E-state index contributed by atoms with van der Waals surface area (Å²) in [4.78, 5) is 25.6. The second-order valence-electron chi connectivity index (χ2n) is 7.67. The molecule has 1 aromatic heterocycles. The molecule has 5 heteroatoms. The number of aromatic nitrogens is 2. The minimum Gasteiger partial charge on any atom is -0.348 e. The third kappa shape index (κ3) is 4.66. The lowest BCUT2D eigenvalue weighted by Crippen LogP contribution is -2.36. The van der Waals surface area contributed by atoms with E-state index in [9.17, 15) is 9.59 Å². The van der Waals surface area contributed by atoms with Gasteiger partial charge in [-0.1, -0.05) is 62.4 Å². The molecule has 0 bridgehead atoms. The topological polar surface area (TPSA) is 64.0 Å². The largest absolute Gasteiger partial charge is 0.348 e. The van der Waals surface area contributed by atoms with E-state index in [1.165, 1.54) is 10.2 Å². The smallest absolute Gasteiger partial charge is 0.274 e. The molecule has 0 saturated heterocycles. The number of nitrogens with zero attached hydrogens (tertiary/aromatic N) is 2. The minimum atomic E-state index is -0.241. The molecule has 3 aromatic rings. The van der Waals surface area contributed by atoms with E-state index in [1.807, 2.05) is 51.1 Å². The molecule has 146 valence electrons. The molecule has 1 N–H and O–H groups in total. The number of carbonyl (C=O) groups excluding carboxylic acids is 1. The Bertz CT molecular complexity index is 1010. The normalized spacial score (nSPS) is 12.3. The van der Waals surface area contributed by atoms with E-state index >= 15 is 0 Å². The summed E-state index contributed by atoms with van der Waals surface area (Å²) in [5.74, 6) is 0.0151. The molecule has 1 atom stereocenters. The first-order valence-corrected chi connectivity index (χ1v) is 9.80. The van der Waals surface area contributed by atoms with Gasteiger partial charge in [-0.15, -0.1) is 0 Å². The van der Waals surface area contributed by atoms with E-state index in [2.05, 4.69) is 22.5 Å². The van der Waals surface area contributed by atoms with Gasteiger partial charge in [0, 0.05) is 18.0 Å². The van der Waals surface area contributed by atoms with Gasteiger partial charge in [-0.25, -0.2) is 4.68 Å². The summed E-state index contributed by atoms with van der Waals surface area (Å²) in [5.41, 5.74) is 1.40. The number of carbonyl (C=O) groups is 1. The molecular formula is C23H27N3O2. The summed E-state index contributed by atoms with van der Waals surface area (Å²) in [6.45, 7) is 6.52. The predicted molar refractivity (Wildman–Crippen MR) is 113 cm³/mol. The number of amides is 1. The van der Waals surface area contributed by atoms with Crippen molar-refractivity contribution in [2.24, 2.45) is 5.92 Å². The predicted octanol–water partition coefficient (Wildman–Crippen LogP) is 3.80. The van der Waals surface area contributed by atoms with Crippen molar-refractivity contribution in [3.05, 3.63) is 76.2 Å². The number of hydrogen-bond donors (Lipinski definition) is 1. The van der Waals surface area contributed by atoms with Crippen LogP contribution >= 0.6 is 0 Å². The second-order valence-corrected chi connectivity index (χ2v) is 7.67. The Morgan fingerprint density at radius 2 is 1.64 bits per heavy atom. The first-order valence-electron chi connectivity index (χ1n) is 9.80. The third-order valence-corrected chi connectivity index (χ3v) is 4.71. The van der Waals surface area contributed by atoms with Crippen LogP contribution in [-0.4, -0.2) is 21.7 Å². The van der Waals surface area contributed by atoms with Crippen LogP contribution < -0.4 is 10.9 Å². The average molecular weight is 377 g/mol. The zero-order valence-electron chi connectivity index (χ0n) is 16.7. The monoisotopic (exact) mass is 377 g/mol. The minimum absolute atomic E-state index is 0.00116. The highest BCUT2D eigenvalue weighted by atomic mass is 16.2. The lowest BCUT2D eigenvalue weighted by atomic mass is 10.1. The van der Waals surface area contributed by atoms with Gasteiger partial charge in [-0.05, 0) is 37.3 Å². The second kappa shape index (κ2) is 8.83. The molecular weight excluding hydrogens is 350 g/mol. The van der Waals surface area contributed by atoms with Crippen molar-refractivity contribution in [3.8, 4) is 0 Å². The van der Waals surface area contributed by atoms with Crippen LogP contribution in [0, 0.1) is 5.92 Å². The molecule has 1 heterocycles. The first kappa shape index (κ1) is 19.8. The standard InChI is InChI=1S/C23H27N3O2/c1-16(2)15-26-23(28)20-12-8-7-11-19(20)21(25-26)22(27)24-17(3)13-14-18-9-5-4-6-10-18/h4-12,16-17H,13-15H2,1-3H3,(H,24,27). The Balaban J connectivity index is 1.82. The van der Waals surface area contributed by atoms with Gasteiger partial charge >= 0.3 is 0 Å². The zero-order valence-corrected chi connectivity index (χ0v) is 16.7. The summed E-state index contributed by atoms with van der Waals surface area (Å²) >= 11 is 0. The molecule has 28 heavy (non-hydrogen) atoms. The van der Waals surface area contributed by atoms with Crippen molar-refractivity contribution in [2.45, 2.75) is 46.2 Å². The van der Waals surface area contributed by atoms with E-state index in [4.69, 9.17) is 0 Å². The van der Waals surface area contributed by atoms with Crippen molar-refractivity contribution < 1.29 is 4.79 Å². The maximum Gasteiger partial charge on any atom is 0.274 e. The Morgan fingerprint density at radius 3 is 2.32 bits per heavy atom. The highest BCUT2D eigenvalue weighted by Crippen LogP contribution is 2.14. The van der Waals surface area contributed by atoms with E-state index in [-0.39, 0.29) is 23.4 Å². The number of hydrogen-bond acceptors (Lipinski definition) is 3. The van der Waals surface area contributed by atoms with E-state index in [1.54, 1.807) is 12.1 Å². The quantitative estimate of drug-likeness (QED) is 0.681. The molecule has 0 radical (unpaired) electrons. The van der Waals surface area contributed by atoms with Crippen molar-refractivity contribution in [3.63, 3.8) is 0 Å². The van der Waals surface area contributed by atoms with Gasteiger partial charge in [-0.3, -0.25) is 9.59 Å². The van der Waals surface area contributed by atoms with Gasteiger partial charge in [-0.2, -0.15) is 5.10 Å². The molecule has 5 nitrogen and oxygen atoms in total. The summed E-state index contributed by atoms with van der Waals surface area (Å²) < 4.78 is 1.41. The molecule has 0 saturated carbocycles. The zero-order chi connectivity index (χ0) is 20.1. The van der Waals surface area contributed by atoms with Gasteiger partial charge in [0.1, 0.15) is 0 Å². The van der Waals surface area contributed by atoms with Crippen LogP contribution in [0.25, 0.3) is 10.8 Å². The molecule has 2 aromatic carbocycles. The Labute approximate surface area is 165 Å². The van der Waals surface area contributed by atoms with Crippen LogP contribution in [0.4, 0.5) is 0 Å². The highest BCUT2D eigenvalue weighted by molar-refractivity contribution is 6.04. The molecule has 0 spiro atoms. The summed E-state index contributed by atoms with van der Waals surface area (Å²) in [7, 11) is 0. The number of aryl methyl sites for hydroxylation is 1. The van der Waals surface area contributed by atoms with Gasteiger partial charge in [0.05, 0.1) is 5.39 Å². The summed E-state index contributed by atoms with van der Waals surface area (Å²) in [6.07, 6.45) is 1.72. The molecule has 0 aliphatic heterocycles. The number of nitrogens with one attached hydrogen (secondary N) is 1. The fourth-order valence-corrected chi connectivity index (χ4v) is 3.26. The molecule has 3 rings (SSSR count). The number of benzene rings is 2. The van der Waals surface area contributed by atoms with Crippen molar-refractivity contribution in [1.29, 1.82) is 0 Å². The number of rotatable bonds is 7. The van der Waals surface area contributed by atoms with Crippen molar-refractivity contribution in [1.82, 2.24) is 15.1 Å². The lowest BCUT2D eigenvalue weighted by molar-refractivity contribution is 0.0932. The van der Waals surface area contributed by atoms with Crippen LogP contribution in [0.2, 0.25) is 0 Å². The Kier molecular flexibility index (Phi) is 6.24. The summed E-state index contributed by atoms with van der Waals surface area (Å²) in [5, 5.41) is 8.57. The fourth-order valence-electron chi connectivity index (χ4n) is 3.26. The number of fused-ring (bicyclic) bond motifs is 1. The van der Waals surface area contributed by atoms with Crippen molar-refractivity contribution in [2.75, 3.05) is 0 Å². The average Bonchev–Trinajstić information content (AvgIpc) is 2.69. The molecule has 0 aliphatic rings. The lowest BCUT2D eigenvalue weighted by Gasteiger charge is -2.16. The van der Waals surface area contributed by atoms with E-state index in [0.29, 0.717) is 23.0 Å². The van der Waals surface area contributed by atoms with E-state index in [0.717, 1.165) is 12.8 Å². The van der Waals surface area contributed by atoms with Gasteiger partial charge in [0.15, 0.2) is 5.69 Å². The Hall–Kier alpha value is -2.95. The molecule has 1 amide bonds. The van der Waals surface area contributed by atoms with Crippen molar-refractivity contribution >= 4 is 16.7 Å². The maximum atomic E-state index is 12.9. The first-order chi connectivity index (χ1) is 13.5. The van der Waals surface area contributed by atoms with E-state index < -0.39 is 0 Å². The van der Waals surface area contributed by atoms with Gasteiger partial charge < -0.3 is 5.32 Å². The van der Waals surface area contributed by atoms with Crippen LogP contribution in [0.15, 0.2) is 59.4 Å². The SMILES string of the molecule is CC(C)Cn1nc(C(=O)NC(C)CCc2ccccc2)c2ccccc2c1=O. The molecule has 0 aliphatic carbocycles. The van der Waals surface area contributed by atoms with Crippen LogP contribution in [-0.2, 0) is 13.0 Å². The van der Waals surface area contributed by atoms with Gasteiger partial charge in [0.2, 0.25) is 0 Å². The third-order valence-electron chi connectivity index (χ3n) is 4.71. The van der Waals surface area contributed by atoms with Gasteiger partial charge in [0.25, 0.3) is 11.5 Å². The highest BCUT2D eigenvalue weighted by Gasteiger charge is 2.18. The molecule has 1 unspecified atom stereocenters. The van der Waals surface area contributed by atoms with Crippen LogP contribution in [0.1, 0.15) is 43.2 Å². The maximum absolute atomic E-state index is 12.9.